The van der Waals surface area contributed by atoms with E-state index in [1.54, 1.807) is 4.31 Å². The van der Waals surface area contributed by atoms with Crippen molar-refractivity contribution in [2.75, 3.05) is 47.7 Å². The van der Waals surface area contributed by atoms with Crippen molar-refractivity contribution in [1.82, 2.24) is 8.87 Å². The van der Waals surface area contributed by atoms with E-state index in [1.807, 2.05) is 43.3 Å². The van der Waals surface area contributed by atoms with Crippen molar-refractivity contribution in [3.8, 4) is 17.3 Å². The zero-order chi connectivity index (χ0) is 26.7. The summed E-state index contributed by atoms with van der Waals surface area (Å²) < 4.78 is 55.2. The first-order valence-corrected chi connectivity index (χ1v) is 16.3. The van der Waals surface area contributed by atoms with E-state index in [9.17, 15) is 22.1 Å². The van der Waals surface area contributed by atoms with Crippen molar-refractivity contribution < 1.29 is 16.8 Å². The maximum Gasteiger partial charge on any atom is 0.235 e. The Balaban J connectivity index is 1.32. The summed E-state index contributed by atoms with van der Waals surface area (Å²) in [5, 5.41) is 10.8. The summed E-state index contributed by atoms with van der Waals surface area (Å²) in [6, 6.07) is 15.9. The number of aryl methyl sites for hydroxylation is 1. The summed E-state index contributed by atoms with van der Waals surface area (Å²) in [6.45, 7) is 5.42. The maximum absolute atomic E-state index is 12.6. The van der Waals surface area contributed by atoms with Gasteiger partial charge in [0.05, 0.1) is 33.5 Å². The Kier molecular flexibility index (Phi) is 6.17. The molecule has 6 rings (SSSR count). The lowest BCUT2D eigenvalue weighted by atomic mass is 10.1. The van der Waals surface area contributed by atoms with Crippen molar-refractivity contribution in [1.29, 1.82) is 5.26 Å². The van der Waals surface area contributed by atoms with E-state index in [0.717, 1.165) is 40.7 Å². The molecule has 0 radical (unpaired) electrons. The van der Waals surface area contributed by atoms with Crippen LogP contribution in [0.5, 0.6) is 0 Å². The molecule has 0 unspecified atom stereocenters. The van der Waals surface area contributed by atoms with E-state index < -0.39 is 20.0 Å². The second kappa shape index (κ2) is 9.29. The second-order valence-corrected chi connectivity index (χ2v) is 14.4. The molecule has 9 nitrogen and oxygen atoms in total. The van der Waals surface area contributed by atoms with Crippen LogP contribution in [0, 0.1) is 11.3 Å². The van der Waals surface area contributed by atoms with Crippen LogP contribution < -0.4 is 9.21 Å². The lowest BCUT2D eigenvalue weighted by Crippen LogP contribution is -2.49. The van der Waals surface area contributed by atoms with E-state index in [0.29, 0.717) is 56.9 Å². The number of hydrogen-bond acceptors (Lipinski definition) is 6. The van der Waals surface area contributed by atoms with Gasteiger partial charge in [0.1, 0.15) is 6.07 Å². The fourth-order valence-corrected chi connectivity index (χ4v) is 9.16. The minimum Gasteiger partial charge on any atom is -0.369 e. The topological polar surface area (TPSA) is 107 Å². The molecular formula is C27H31N5O4S2. The number of anilines is 2. The standard InChI is InChI=1S/C27H31N5O4S2/c1-2-31-26-18-22(29-13-15-30(16-14-29)38(35,36)23-9-10-23)8-11-24(26)25(19-28)27(31)20-4-6-21(7-5-20)32-12-3-17-37(32,33)34/h4-8,11,18,23H,2-3,9-10,12-17H2,1H3. The Bertz CT molecular complexity index is 1640. The first-order chi connectivity index (χ1) is 18.2. The van der Waals surface area contributed by atoms with Crippen LogP contribution in [-0.4, -0.2) is 69.4 Å². The van der Waals surface area contributed by atoms with Gasteiger partial charge in [-0.1, -0.05) is 12.1 Å². The van der Waals surface area contributed by atoms with Gasteiger partial charge in [-0.3, -0.25) is 4.31 Å². The van der Waals surface area contributed by atoms with Gasteiger partial charge in [-0.2, -0.15) is 9.57 Å². The van der Waals surface area contributed by atoms with Crippen molar-refractivity contribution in [2.45, 2.75) is 38.0 Å². The largest absolute Gasteiger partial charge is 0.369 e. The number of fused-ring (bicyclic) bond motifs is 1. The van der Waals surface area contributed by atoms with Gasteiger partial charge in [0, 0.05) is 50.3 Å². The summed E-state index contributed by atoms with van der Waals surface area (Å²) in [4.78, 5) is 2.21. The third-order valence-electron chi connectivity index (χ3n) is 7.91. The zero-order valence-corrected chi connectivity index (χ0v) is 23.0. The molecule has 38 heavy (non-hydrogen) atoms. The van der Waals surface area contributed by atoms with Gasteiger partial charge in [-0.05, 0) is 62.1 Å². The lowest BCUT2D eigenvalue weighted by molar-refractivity contribution is 0.384. The van der Waals surface area contributed by atoms with Gasteiger partial charge in [-0.25, -0.2) is 16.8 Å². The van der Waals surface area contributed by atoms with Crippen LogP contribution in [0.1, 0.15) is 31.7 Å². The fraction of sp³-hybridized carbons (Fsp3) is 0.444. The van der Waals surface area contributed by atoms with Crippen LogP contribution in [0.2, 0.25) is 0 Å². The van der Waals surface area contributed by atoms with E-state index in [-0.39, 0.29) is 11.0 Å². The maximum atomic E-state index is 12.6. The normalized spacial score (nSPS) is 20.2. The number of nitrogens with zero attached hydrogens (tertiary/aromatic N) is 5. The smallest absolute Gasteiger partial charge is 0.235 e. The first-order valence-electron chi connectivity index (χ1n) is 13.2. The van der Waals surface area contributed by atoms with Gasteiger partial charge in [0.15, 0.2) is 0 Å². The van der Waals surface area contributed by atoms with E-state index in [2.05, 4.69) is 21.6 Å². The van der Waals surface area contributed by atoms with Gasteiger partial charge < -0.3 is 9.47 Å². The SMILES string of the molecule is CCn1c(-c2ccc(N3CCCS3(=O)=O)cc2)c(C#N)c2ccc(N3CCN(S(=O)(=O)C4CC4)CC3)cc21. The van der Waals surface area contributed by atoms with Gasteiger partial charge >= 0.3 is 0 Å². The van der Waals surface area contributed by atoms with E-state index in [4.69, 9.17) is 0 Å². The van der Waals surface area contributed by atoms with Crippen molar-refractivity contribution in [3.05, 3.63) is 48.0 Å². The molecule has 200 valence electrons. The molecule has 0 amide bonds. The van der Waals surface area contributed by atoms with Crippen molar-refractivity contribution in [3.63, 3.8) is 0 Å². The zero-order valence-electron chi connectivity index (χ0n) is 21.4. The van der Waals surface area contributed by atoms with Crippen LogP contribution in [0.4, 0.5) is 11.4 Å². The molecule has 0 spiro atoms. The molecule has 2 aromatic carbocycles. The molecule has 0 atom stereocenters. The van der Waals surface area contributed by atoms with E-state index in [1.165, 1.54) is 4.31 Å². The predicted molar refractivity (Wildman–Crippen MR) is 149 cm³/mol. The van der Waals surface area contributed by atoms with Crippen LogP contribution in [0.15, 0.2) is 42.5 Å². The summed E-state index contributed by atoms with van der Waals surface area (Å²) in [5.41, 5.74) is 4.89. The van der Waals surface area contributed by atoms with Crippen molar-refractivity contribution in [2.24, 2.45) is 0 Å². The predicted octanol–water partition coefficient (Wildman–Crippen LogP) is 3.35. The quantitative estimate of drug-likeness (QED) is 0.464. The van der Waals surface area contributed by atoms with Gasteiger partial charge in [0.25, 0.3) is 0 Å². The summed E-state index contributed by atoms with van der Waals surface area (Å²) in [6.07, 6.45) is 2.17. The Morgan fingerprint density at radius 3 is 2.24 bits per heavy atom. The van der Waals surface area contributed by atoms with Crippen LogP contribution >= 0.6 is 0 Å². The molecular weight excluding hydrogens is 522 g/mol. The van der Waals surface area contributed by atoms with Gasteiger partial charge in [-0.15, -0.1) is 0 Å². The molecule has 2 aliphatic heterocycles. The molecule has 11 heteroatoms. The lowest BCUT2D eigenvalue weighted by Gasteiger charge is -2.35. The number of hydrogen-bond donors (Lipinski definition) is 0. The molecule has 1 saturated carbocycles. The molecule has 0 bridgehead atoms. The molecule has 2 saturated heterocycles. The van der Waals surface area contributed by atoms with Crippen LogP contribution in [0.25, 0.3) is 22.2 Å². The Hall–Kier alpha value is -3.07. The number of rotatable bonds is 6. The van der Waals surface area contributed by atoms with Crippen molar-refractivity contribution >= 4 is 42.3 Å². The highest BCUT2D eigenvalue weighted by Crippen LogP contribution is 2.37. The number of sulfonamides is 2. The number of aromatic nitrogens is 1. The summed E-state index contributed by atoms with van der Waals surface area (Å²) in [5.74, 6) is 0.172. The monoisotopic (exact) mass is 553 g/mol. The highest BCUT2D eigenvalue weighted by Gasteiger charge is 2.41. The van der Waals surface area contributed by atoms with E-state index >= 15 is 0 Å². The highest BCUT2D eigenvalue weighted by molar-refractivity contribution is 7.93. The third kappa shape index (κ3) is 4.15. The molecule has 3 aliphatic rings. The molecule has 3 fully saturated rings. The molecule has 1 aromatic heterocycles. The fourth-order valence-electron chi connectivity index (χ4n) is 5.77. The highest BCUT2D eigenvalue weighted by atomic mass is 32.2. The average Bonchev–Trinajstić information content (AvgIpc) is 3.66. The Morgan fingerprint density at radius 2 is 1.66 bits per heavy atom. The minimum atomic E-state index is -3.26. The Labute approximate surface area is 224 Å². The number of benzene rings is 2. The van der Waals surface area contributed by atoms with Crippen LogP contribution in [-0.2, 0) is 26.6 Å². The summed E-state index contributed by atoms with van der Waals surface area (Å²) >= 11 is 0. The minimum absolute atomic E-state index is 0.172. The average molecular weight is 554 g/mol. The molecule has 1 aliphatic carbocycles. The summed E-state index contributed by atoms with van der Waals surface area (Å²) in [7, 11) is -6.42. The molecule has 0 N–H and O–H groups in total. The Morgan fingerprint density at radius 1 is 0.974 bits per heavy atom. The number of piperazine rings is 1. The molecule has 3 aromatic rings. The van der Waals surface area contributed by atoms with Crippen LogP contribution in [0.3, 0.4) is 0 Å². The van der Waals surface area contributed by atoms with Gasteiger partial charge in [0.2, 0.25) is 20.0 Å². The first kappa shape index (κ1) is 25.2. The second-order valence-electron chi connectivity index (χ2n) is 10.2. The number of nitriles is 1. The molecule has 3 heterocycles. The third-order valence-corrected chi connectivity index (χ3v) is 12.2.